The number of halogens is 1. The number of amides is 2. The first kappa shape index (κ1) is 27.8. The van der Waals surface area contributed by atoms with E-state index in [1.165, 1.54) is 30.5 Å². The second-order valence-corrected chi connectivity index (χ2v) is 9.32. The first-order valence-corrected chi connectivity index (χ1v) is 13.1. The Morgan fingerprint density at radius 3 is 2.49 bits per heavy atom. The molecule has 0 aliphatic carbocycles. The zero-order valence-corrected chi connectivity index (χ0v) is 22.5. The van der Waals surface area contributed by atoms with Gasteiger partial charge in [-0.3, -0.25) is 9.59 Å². The highest BCUT2D eigenvalue weighted by Crippen LogP contribution is 2.26. The molecule has 9 nitrogen and oxygen atoms in total. The van der Waals surface area contributed by atoms with Crippen molar-refractivity contribution in [3.63, 3.8) is 0 Å². The van der Waals surface area contributed by atoms with Gasteiger partial charge in [-0.1, -0.05) is 6.58 Å². The standard InChI is InChI=1S/C29H34FN5O4/c1-5-23(16-31-20(4)34-18-21(19-34)28(36)33(6-2)7-3)35-15-14-26(29(35)37)38-25-12-13-27(32-17-25)39-24-10-8-22(30)9-11-24/h5,8-13,16-17,21,26H,1,6-7,14-15,18-19H2,2-4H3/b23-16+,31-20?/t26-/m1/s1. The maximum Gasteiger partial charge on any atom is 0.268 e. The van der Waals surface area contributed by atoms with Gasteiger partial charge in [0.2, 0.25) is 11.8 Å². The Kier molecular flexibility index (Phi) is 8.96. The summed E-state index contributed by atoms with van der Waals surface area (Å²) in [6, 6.07) is 8.93. The smallest absolute Gasteiger partial charge is 0.268 e. The Labute approximate surface area is 228 Å². The number of aliphatic imine (C=N–C) groups is 1. The summed E-state index contributed by atoms with van der Waals surface area (Å²) in [5.41, 5.74) is 0.586. The van der Waals surface area contributed by atoms with E-state index in [0.29, 0.717) is 62.2 Å². The molecule has 1 atom stereocenters. The van der Waals surface area contributed by atoms with E-state index in [0.717, 1.165) is 5.84 Å². The molecule has 2 fully saturated rings. The van der Waals surface area contributed by atoms with Crippen LogP contribution in [0.3, 0.4) is 0 Å². The Morgan fingerprint density at radius 2 is 1.87 bits per heavy atom. The molecule has 2 aliphatic heterocycles. The maximum absolute atomic E-state index is 13.1. The largest absolute Gasteiger partial charge is 0.479 e. The lowest BCUT2D eigenvalue weighted by atomic mass is 9.98. The molecule has 2 saturated heterocycles. The SMILES string of the molecule is C=C/C(=C\N=C(C)N1CC(C(=O)N(CC)CC)C1)N1CC[C@@H](Oc2ccc(Oc3ccc(F)cc3)nc2)C1=O. The number of hydrogen-bond acceptors (Lipinski definition) is 6. The van der Waals surface area contributed by atoms with Crippen LogP contribution in [0.5, 0.6) is 17.4 Å². The molecule has 2 aliphatic rings. The summed E-state index contributed by atoms with van der Waals surface area (Å²) in [4.78, 5) is 39.8. The van der Waals surface area contributed by atoms with Crippen LogP contribution in [-0.2, 0) is 9.59 Å². The Morgan fingerprint density at radius 1 is 1.18 bits per heavy atom. The summed E-state index contributed by atoms with van der Waals surface area (Å²) in [5, 5.41) is 0. The number of aromatic nitrogens is 1. The minimum atomic E-state index is -0.661. The predicted molar refractivity (Wildman–Crippen MR) is 146 cm³/mol. The minimum Gasteiger partial charge on any atom is -0.479 e. The molecule has 0 unspecified atom stereocenters. The third-order valence-electron chi connectivity index (χ3n) is 6.85. The molecule has 0 spiro atoms. The van der Waals surface area contributed by atoms with Crippen LogP contribution >= 0.6 is 0 Å². The van der Waals surface area contributed by atoms with E-state index < -0.39 is 6.10 Å². The summed E-state index contributed by atoms with van der Waals surface area (Å²) in [6.07, 6.45) is 4.56. The van der Waals surface area contributed by atoms with Gasteiger partial charge < -0.3 is 24.2 Å². The molecule has 1 aromatic carbocycles. The van der Waals surface area contributed by atoms with Crippen LogP contribution in [0, 0.1) is 11.7 Å². The predicted octanol–water partition coefficient (Wildman–Crippen LogP) is 4.24. The van der Waals surface area contributed by atoms with Gasteiger partial charge in [0.25, 0.3) is 5.91 Å². The van der Waals surface area contributed by atoms with Crippen molar-refractivity contribution in [2.24, 2.45) is 10.9 Å². The number of amidine groups is 1. The van der Waals surface area contributed by atoms with Crippen LogP contribution in [0.1, 0.15) is 27.2 Å². The molecular weight excluding hydrogens is 501 g/mol. The molecule has 2 aromatic rings. The number of nitrogens with zero attached hydrogens (tertiary/aromatic N) is 5. The van der Waals surface area contributed by atoms with Gasteiger partial charge in [-0.05, 0) is 57.2 Å². The molecule has 0 radical (unpaired) electrons. The van der Waals surface area contributed by atoms with Crippen LogP contribution in [0.25, 0.3) is 0 Å². The van der Waals surface area contributed by atoms with E-state index in [1.807, 2.05) is 25.7 Å². The number of likely N-dealkylation sites (tertiary alicyclic amines) is 2. The zero-order chi connectivity index (χ0) is 27.9. The molecule has 10 heteroatoms. The summed E-state index contributed by atoms with van der Waals surface area (Å²) < 4.78 is 24.6. The van der Waals surface area contributed by atoms with Crippen LogP contribution in [0.2, 0.25) is 0 Å². The number of rotatable bonds is 10. The van der Waals surface area contributed by atoms with E-state index in [9.17, 15) is 14.0 Å². The van der Waals surface area contributed by atoms with Crippen LogP contribution in [0.15, 0.2) is 72.1 Å². The van der Waals surface area contributed by atoms with Crippen molar-refractivity contribution in [3.05, 3.63) is 73.0 Å². The molecule has 1 aromatic heterocycles. The van der Waals surface area contributed by atoms with Crippen molar-refractivity contribution in [3.8, 4) is 17.4 Å². The number of pyridine rings is 1. The van der Waals surface area contributed by atoms with Gasteiger partial charge in [0.1, 0.15) is 23.2 Å². The highest BCUT2D eigenvalue weighted by molar-refractivity contribution is 5.87. The number of benzene rings is 1. The van der Waals surface area contributed by atoms with Crippen molar-refractivity contribution in [2.75, 3.05) is 32.7 Å². The van der Waals surface area contributed by atoms with Gasteiger partial charge in [0, 0.05) is 45.2 Å². The molecule has 39 heavy (non-hydrogen) atoms. The molecule has 3 heterocycles. The molecule has 206 valence electrons. The van der Waals surface area contributed by atoms with Crippen molar-refractivity contribution in [1.82, 2.24) is 19.7 Å². The Balaban J connectivity index is 1.31. The molecule has 2 amide bonds. The zero-order valence-electron chi connectivity index (χ0n) is 22.5. The van der Waals surface area contributed by atoms with Crippen molar-refractivity contribution in [2.45, 2.75) is 33.3 Å². The van der Waals surface area contributed by atoms with Gasteiger partial charge >= 0.3 is 0 Å². The second kappa shape index (κ2) is 12.6. The molecule has 0 saturated carbocycles. The lowest BCUT2D eigenvalue weighted by Crippen LogP contribution is -2.55. The topological polar surface area (TPSA) is 87.6 Å². The van der Waals surface area contributed by atoms with E-state index in [4.69, 9.17) is 9.47 Å². The molecular formula is C29H34FN5O4. The summed E-state index contributed by atoms with van der Waals surface area (Å²) in [5.74, 6) is 1.65. The first-order valence-electron chi connectivity index (χ1n) is 13.1. The fourth-order valence-electron chi connectivity index (χ4n) is 4.47. The van der Waals surface area contributed by atoms with Crippen LogP contribution < -0.4 is 9.47 Å². The third-order valence-corrected chi connectivity index (χ3v) is 6.85. The van der Waals surface area contributed by atoms with Gasteiger partial charge in [-0.25, -0.2) is 14.4 Å². The number of carbonyl (C=O) groups is 2. The van der Waals surface area contributed by atoms with Gasteiger partial charge in [-0.15, -0.1) is 0 Å². The number of carbonyl (C=O) groups excluding carboxylic acids is 2. The van der Waals surface area contributed by atoms with E-state index in [-0.39, 0.29) is 23.5 Å². The highest BCUT2D eigenvalue weighted by Gasteiger charge is 2.36. The van der Waals surface area contributed by atoms with Crippen LogP contribution in [0.4, 0.5) is 4.39 Å². The van der Waals surface area contributed by atoms with E-state index >= 15 is 0 Å². The number of ether oxygens (including phenoxy) is 2. The number of allylic oxidation sites excluding steroid dienone is 1. The minimum absolute atomic E-state index is 0.00555. The molecule has 0 bridgehead atoms. The van der Waals surface area contributed by atoms with Crippen molar-refractivity contribution >= 4 is 17.6 Å². The maximum atomic E-state index is 13.1. The number of hydrogen-bond donors (Lipinski definition) is 0. The first-order chi connectivity index (χ1) is 18.8. The monoisotopic (exact) mass is 535 g/mol. The average molecular weight is 536 g/mol. The Bertz CT molecular complexity index is 1240. The third kappa shape index (κ3) is 6.63. The summed E-state index contributed by atoms with van der Waals surface area (Å²) >= 11 is 0. The Hall–Kier alpha value is -4.21. The van der Waals surface area contributed by atoms with Gasteiger partial charge in [0.15, 0.2) is 6.10 Å². The summed E-state index contributed by atoms with van der Waals surface area (Å²) in [6.45, 7) is 12.9. The van der Waals surface area contributed by atoms with Gasteiger partial charge in [0.05, 0.1) is 24.0 Å². The van der Waals surface area contributed by atoms with Crippen molar-refractivity contribution in [1.29, 1.82) is 0 Å². The second-order valence-electron chi connectivity index (χ2n) is 9.32. The molecule has 0 N–H and O–H groups in total. The van der Waals surface area contributed by atoms with Crippen LogP contribution in [-0.4, -0.2) is 76.2 Å². The molecule has 4 rings (SSSR count). The highest BCUT2D eigenvalue weighted by atomic mass is 19.1. The average Bonchev–Trinajstić information content (AvgIpc) is 3.26. The fourth-order valence-corrected chi connectivity index (χ4v) is 4.47. The summed E-state index contributed by atoms with van der Waals surface area (Å²) in [7, 11) is 0. The lowest BCUT2D eigenvalue weighted by Gasteiger charge is -2.41. The quantitative estimate of drug-likeness (QED) is 0.257. The van der Waals surface area contributed by atoms with E-state index in [2.05, 4.69) is 21.5 Å². The van der Waals surface area contributed by atoms with Crippen molar-refractivity contribution < 1.29 is 23.5 Å². The lowest BCUT2D eigenvalue weighted by molar-refractivity contribution is -0.139. The van der Waals surface area contributed by atoms with Gasteiger partial charge in [-0.2, -0.15) is 0 Å². The van der Waals surface area contributed by atoms with E-state index in [1.54, 1.807) is 29.3 Å². The fraction of sp³-hybridized carbons (Fsp3) is 0.379. The normalized spacial score (nSPS) is 18.2.